The molecule has 0 bridgehead atoms. The quantitative estimate of drug-likeness (QED) is 0.787. The summed E-state index contributed by atoms with van der Waals surface area (Å²) in [5, 5.41) is 18.8. The molecule has 1 aliphatic rings. The summed E-state index contributed by atoms with van der Waals surface area (Å²) in [5.41, 5.74) is 1.24. The molecule has 7 heteroatoms. The Bertz CT molecular complexity index is 929. The summed E-state index contributed by atoms with van der Waals surface area (Å²) in [6.07, 6.45) is 0.366. The molecule has 1 aromatic carbocycles. The van der Waals surface area contributed by atoms with Crippen molar-refractivity contribution in [3.8, 4) is 0 Å². The van der Waals surface area contributed by atoms with Crippen LogP contribution in [0.15, 0.2) is 33.1 Å². The van der Waals surface area contributed by atoms with Gasteiger partial charge >= 0.3 is 0 Å². The maximum absolute atomic E-state index is 13.3. The molecule has 3 heterocycles. The molecular formula is C18H19N3O4. The van der Waals surface area contributed by atoms with Gasteiger partial charge in [0.1, 0.15) is 17.4 Å². The number of hydrogen-bond acceptors (Lipinski definition) is 6. The highest BCUT2D eigenvalue weighted by atomic mass is 16.4. The van der Waals surface area contributed by atoms with Crippen LogP contribution in [0.5, 0.6) is 0 Å². The number of aromatic nitrogens is 2. The fraction of sp³-hybridized carbons (Fsp3) is 0.389. The fourth-order valence-corrected chi connectivity index (χ4v) is 3.44. The summed E-state index contributed by atoms with van der Waals surface area (Å²) < 4.78 is 11.3. The lowest BCUT2D eigenvalue weighted by Gasteiger charge is -2.21. The van der Waals surface area contributed by atoms with Gasteiger partial charge in [-0.25, -0.2) is 0 Å². The van der Waals surface area contributed by atoms with Gasteiger partial charge in [-0.2, -0.15) is 0 Å². The molecule has 4 rings (SSSR count). The van der Waals surface area contributed by atoms with Crippen LogP contribution in [0, 0.1) is 6.92 Å². The van der Waals surface area contributed by atoms with Crippen LogP contribution < -0.4 is 0 Å². The van der Waals surface area contributed by atoms with Crippen LogP contribution in [-0.2, 0) is 6.42 Å². The predicted octanol–water partition coefficient (Wildman–Crippen LogP) is 2.63. The number of rotatable bonds is 3. The van der Waals surface area contributed by atoms with Crippen LogP contribution in [0.4, 0.5) is 0 Å². The maximum Gasteiger partial charge on any atom is 0.258 e. The Morgan fingerprint density at radius 2 is 2.12 bits per heavy atom. The molecule has 1 saturated heterocycles. The van der Waals surface area contributed by atoms with Gasteiger partial charge in [0.15, 0.2) is 0 Å². The molecule has 1 amide bonds. The number of amides is 1. The first-order valence-corrected chi connectivity index (χ1v) is 8.38. The first kappa shape index (κ1) is 15.8. The van der Waals surface area contributed by atoms with E-state index in [1.807, 2.05) is 31.2 Å². The molecule has 1 aliphatic heterocycles. The predicted molar refractivity (Wildman–Crippen MR) is 89.0 cm³/mol. The molecule has 130 valence electrons. The van der Waals surface area contributed by atoms with Gasteiger partial charge in [-0.3, -0.25) is 4.79 Å². The number of aryl methyl sites for hydroxylation is 2. The summed E-state index contributed by atoms with van der Waals surface area (Å²) in [6.45, 7) is 3.88. The number of aliphatic hydroxyl groups excluding tert-OH is 1. The fourth-order valence-electron chi connectivity index (χ4n) is 3.44. The number of carbonyl (C=O) groups is 1. The zero-order chi connectivity index (χ0) is 17.6. The summed E-state index contributed by atoms with van der Waals surface area (Å²) in [6, 6.07) is 7.06. The first-order valence-electron chi connectivity index (χ1n) is 8.38. The monoisotopic (exact) mass is 341 g/mol. The Labute approximate surface area is 144 Å². The molecule has 0 radical (unpaired) electrons. The molecule has 0 aliphatic carbocycles. The minimum Gasteiger partial charge on any atom is -0.460 e. The number of fused-ring (bicyclic) bond motifs is 1. The SMILES string of the molecule is CCc1oc2ccccc2c1C(=O)N1C[C@H](O)C[C@@H]1c1nnc(C)o1. The second-order valence-corrected chi connectivity index (χ2v) is 6.27. The number of carbonyl (C=O) groups excluding carboxylic acids is 1. The minimum atomic E-state index is -0.621. The average Bonchev–Trinajstić information content (AvgIpc) is 3.29. The zero-order valence-electron chi connectivity index (χ0n) is 14.1. The van der Waals surface area contributed by atoms with Crippen molar-refractivity contribution in [3.63, 3.8) is 0 Å². The summed E-state index contributed by atoms with van der Waals surface area (Å²) in [5.74, 6) is 1.26. The lowest BCUT2D eigenvalue weighted by atomic mass is 10.1. The first-order chi connectivity index (χ1) is 12.1. The summed E-state index contributed by atoms with van der Waals surface area (Å²) >= 11 is 0. The number of benzene rings is 1. The summed E-state index contributed by atoms with van der Waals surface area (Å²) in [7, 11) is 0. The van der Waals surface area contributed by atoms with Crippen LogP contribution in [0.3, 0.4) is 0 Å². The van der Waals surface area contributed by atoms with Crippen molar-refractivity contribution >= 4 is 16.9 Å². The van der Waals surface area contributed by atoms with Gasteiger partial charge in [-0.15, -0.1) is 10.2 Å². The third kappa shape index (κ3) is 2.60. The van der Waals surface area contributed by atoms with E-state index in [-0.39, 0.29) is 12.5 Å². The third-order valence-electron chi connectivity index (χ3n) is 4.57. The molecule has 0 unspecified atom stereocenters. The number of likely N-dealkylation sites (tertiary alicyclic amines) is 1. The molecule has 1 N–H and O–H groups in total. The normalized spacial score (nSPS) is 20.5. The third-order valence-corrected chi connectivity index (χ3v) is 4.57. The maximum atomic E-state index is 13.3. The van der Waals surface area contributed by atoms with Crippen LogP contribution in [0.1, 0.15) is 47.3 Å². The van der Waals surface area contributed by atoms with Crippen molar-refractivity contribution in [1.82, 2.24) is 15.1 Å². The Hall–Kier alpha value is -2.67. The van der Waals surface area contributed by atoms with E-state index in [2.05, 4.69) is 10.2 Å². The van der Waals surface area contributed by atoms with E-state index in [9.17, 15) is 9.90 Å². The van der Waals surface area contributed by atoms with E-state index in [1.165, 1.54) is 0 Å². The largest absolute Gasteiger partial charge is 0.460 e. The van der Waals surface area contributed by atoms with Crippen molar-refractivity contribution in [2.45, 2.75) is 38.8 Å². The van der Waals surface area contributed by atoms with Gasteiger partial charge in [-0.05, 0) is 6.07 Å². The summed E-state index contributed by atoms with van der Waals surface area (Å²) in [4.78, 5) is 14.9. The van der Waals surface area contributed by atoms with Crippen molar-refractivity contribution < 1.29 is 18.7 Å². The molecule has 0 spiro atoms. The Morgan fingerprint density at radius 1 is 1.32 bits per heavy atom. The zero-order valence-corrected chi connectivity index (χ0v) is 14.1. The molecule has 2 aromatic heterocycles. The van der Waals surface area contributed by atoms with Gasteiger partial charge in [0.25, 0.3) is 5.91 Å². The van der Waals surface area contributed by atoms with E-state index in [0.29, 0.717) is 41.5 Å². The molecule has 2 atom stereocenters. The lowest BCUT2D eigenvalue weighted by molar-refractivity contribution is 0.0697. The molecular weight excluding hydrogens is 322 g/mol. The van der Waals surface area contributed by atoms with Gasteiger partial charge in [0.05, 0.1) is 11.7 Å². The van der Waals surface area contributed by atoms with E-state index in [1.54, 1.807) is 11.8 Å². The van der Waals surface area contributed by atoms with Gasteiger partial charge < -0.3 is 18.8 Å². The lowest BCUT2D eigenvalue weighted by Crippen LogP contribution is -2.32. The highest BCUT2D eigenvalue weighted by molar-refractivity contribution is 6.07. The molecule has 7 nitrogen and oxygen atoms in total. The second-order valence-electron chi connectivity index (χ2n) is 6.27. The van der Waals surface area contributed by atoms with Crippen molar-refractivity contribution in [2.75, 3.05) is 6.54 Å². The Morgan fingerprint density at radius 3 is 2.84 bits per heavy atom. The minimum absolute atomic E-state index is 0.181. The number of para-hydroxylation sites is 1. The number of hydrogen-bond donors (Lipinski definition) is 1. The van der Waals surface area contributed by atoms with Crippen LogP contribution >= 0.6 is 0 Å². The molecule has 25 heavy (non-hydrogen) atoms. The smallest absolute Gasteiger partial charge is 0.258 e. The van der Waals surface area contributed by atoms with E-state index < -0.39 is 12.1 Å². The second kappa shape index (κ2) is 6.00. The van der Waals surface area contributed by atoms with Gasteiger partial charge in [-0.1, -0.05) is 25.1 Å². The van der Waals surface area contributed by atoms with Crippen LogP contribution in [0.2, 0.25) is 0 Å². The van der Waals surface area contributed by atoms with Crippen molar-refractivity contribution in [3.05, 3.63) is 47.4 Å². The Kier molecular flexibility index (Phi) is 3.80. The van der Waals surface area contributed by atoms with Gasteiger partial charge in [0.2, 0.25) is 11.8 Å². The molecule has 1 fully saturated rings. The van der Waals surface area contributed by atoms with Gasteiger partial charge in [0, 0.05) is 31.7 Å². The van der Waals surface area contributed by atoms with E-state index >= 15 is 0 Å². The van der Waals surface area contributed by atoms with Crippen LogP contribution in [-0.4, -0.2) is 38.8 Å². The highest BCUT2D eigenvalue weighted by Gasteiger charge is 2.40. The molecule has 0 saturated carbocycles. The van der Waals surface area contributed by atoms with Crippen LogP contribution in [0.25, 0.3) is 11.0 Å². The number of nitrogens with zero attached hydrogens (tertiary/aromatic N) is 3. The topological polar surface area (TPSA) is 92.6 Å². The van der Waals surface area contributed by atoms with E-state index in [0.717, 1.165) is 5.39 Å². The number of β-amino-alcohol motifs (C(OH)–C–C–N with tert-alkyl or cyclic N) is 1. The average molecular weight is 341 g/mol. The number of aliphatic hydroxyl groups is 1. The molecule has 3 aromatic rings. The standard InChI is InChI=1S/C18H19N3O4/c1-3-14-16(12-6-4-5-7-15(12)25-14)18(23)21-9-11(22)8-13(21)17-20-19-10(2)24-17/h4-7,11,13,22H,3,8-9H2,1-2H3/t11-,13-/m1/s1. The number of furan rings is 1. The van der Waals surface area contributed by atoms with Crippen molar-refractivity contribution in [2.24, 2.45) is 0 Å². The van der Waals surface area contributed by atoms with E-state index in [4.69, 9.17) is 8.83 Å². The Balaban J connectivity index is 1.77. The van der Waals surface area contributed by atoms with Crippen molar-refractivity contribution in [1.29, 1.82) is 0 Å². The highest BCUT2D eigenvalue weighted by Crippen LogP contribution is 2.35.